The van der Waals surface area contributed by atoms with Crippen LogP contribution in [0.2, 0.25) is 5.02 Å². The summed E-state index contributed by atoms with van der Waals surface area (Å²) < 4.78 is 41.8. The van der Waals surface area contributed by atoms with Crippen LogP contribution >= 0.6 is 11.6 Å². The second kappa shape index (κ2) is 7.16. The Hall–Kier alpha value is -1.96. The number of benzene rings is 1. The molecule has 0 aliphatic carbocycles. The molecule has 9 heteroatoms. The number of nitrogens with zero attached hydrogens (tertiary/aromatic N) is 1. The van der Waals surface area contributed by atoms with Gasteiger partial charge >= 0.3 is 12.1 Å². The lowest BCUT2D eigenvalue weighted by atomic mass is 10.3. The van der Waals surface area contributed by atoms with Gasteiger partial charge in [0.15, 0.2) is 6.61 Å². The van der Waals surface area contributed by atoms with Crippen LogP contribution in [0.4, 0.5) is 13.2 Å². The second-order valence-corrected chi connectivity index (χ2v) is 4.44. The lowest BCUT2D eigenvalue weighted by molar-refractivity contribution is -0.166. The molecule has 0 fully saturated rings. The largest absolute Gasteiger partial charge is 0.484 e. The molecule has 1 aromatic rings. The van der Waals surface area contributed by atoms with E-state index in [1.54, 1.807) is 0 Å². The summed E-state index contributed by atoms with van der Waals surface area (Å²) in [4.78, 5) is 22.3. The maximum Gasteiger partial charge on any atom is 0.406 e. The van der Waals surface area contributed by atoms with Crippen LogP contribution in [0.5, 0.6) is 5.75 Å². The number of rotatable bonds is 6. The topological polar surface area (TPSA) is 66.8 Å². The number of ether oxygens (including phenoxy) is 1. The molecule has 0 saturated heterocycles. The Morgan fingerprint density at radius 1 is 1.24 bits per heavy atom. The SMILES string of the molecule is O=C(O)CN(CC(F)(F)F)C(=O)COc1ccc(Cl)cc1. The molecule has 1 N–H and O–H groups in total. The van der Waals surface area contributed by atoms with E-state index in [-0.39, 0.29) is 10.6 Å². The summed E-state index contributed by atoms with van der Waals surface area (Å²) in [6.45, 7) is -3.41. The Morgan fingerprint density at radius 3 is 2.29 bits per heavy atom. The van der Waals surface area contributed by atoms with Gasteiger partial charge < -0.3 is 14.7 Å². The summed E-state index contributed by atoms with van der Waals surface area (Å²) in [6, 6.07) is 5.82. The smallest absolute Gasteiger partial charge is 0.406 e. The van der Waals surface area contributed by atoms with Gasteiger partial charge in [0.2, 0.25) is 0 Å². The van der Waals surface area contributed by atoms with Gasteiger partial charge in [0.25, 0.3) is 5.91 Å². The van der Waals surface area contributed by atoms with Crippen LogP contribution in [0.15, 0.2) is 24.3 Å². The highest BCUT2D eigenvalue weighted by atomic mass is 35.5. The number of carbonyl (C=O) groups excluding carboxylic acids is 1. The average Bonchev–Trinajstić information content (AvgIpc) is 2.34. The van der Waals surface area contributed by atoms with Crippen molar-refractivity contribution in [2.75, 3.05) is 19.7 Å². The molecule has 0 aromatic heterocycles. The number of alkyl halides is 3. The molecule has 116 valence electrons. The van der Waals surface area contributed by atoms with Crippen molar-refractivity contribution in [3.8, 4) is 5.75 Å². The maximum absolute atomic E-state index is 12.3. The van der Waals surface area contributed by atoms with E-state index in [0.717, 1.165) is 0 Å². The van der Waals surface area contributed by atoms with Crippen LogP contribution in [0.1, 0.15) is 0 Å². The van der Waals surface area contributed by atoms with E-state index in [2.05, 4.69) is 0 Å². The number of hydrogen-bond acceptors (Lipinski definition) is 3. The molecule has 0 atom stereocenters. The third kappa shape index (κ3) is 6.84. The van der Waals surface area contributed by atoms with Gasteiger partial charge in [0.05, 0.1) is 0 Å². The fourth-order valence-electron chi connectivity index (χ4n) is 1.38. The average molecular weight is 326 g/mol. The van der Waals surface area contributed by atoms with E-state index in [4.69, 9.17) is 21.4 Å². The Balaban J connectivity index is 2.63. The highest BCUT2D eigenvalue weighted by molar-refractivity contribution is 6.30. The molecular weight excluding hydrogens is 315 g/mol. The van der Waals surface area contributed by atoms with Gasteiger partial charge in [0.1, 0.15) is 18.8 Å². The first-order valence-corrected chi connectivity index (χ1v) is 6.00. The number of carboxylic acids is 1. The van der Waals surface area contributed by atoms with E-state index in [9.17, 15) is 22.8 Å². The van der Waals surface area contributed by atoms with Crippen LogP contribution in [0, 0.1) is 0 Å². The molecule has 5 nitrogen and oxygen atoms in total. The van der Waals surface area contributed by atoms with Gasteiger partial charge in [-0.3, -0.25) is 9.59 Å². The van der Waals surface area contributed by atoms with E-state index >= 15 is 0 Å². The van der Waals surface area contributed by atoms with Crippen LogP contribution in [0.25, 0.3) is 0 Å². The monoisotopic (exact) mass is 325 g/mol. The molecular formula is C12H11ClF3NO4. The minimum atomic E-state index is -4.69. The summed E-state index contributed by atoms with van der Waals surface area (Å²) >= 11 is 5.63. The van der Waals surface area contributed by atoms with Crippen LogP contribution < -0.4 is 4.74 Å². The molecule has 1 rings (SSSR count). The molecule has 0 heterocycles. The quantitative estimate of drug-likeness (QED) is 0.870. The van der Waals surface area contributed by atoms with Gasteiger partial charge in [-0.2, -0.15) is 13.2 Å². The van der Waals surface area contributed by atoms with Gasteiger partial charge in [-0.1, -0.05) is 11.6 Å². The summed E-state index contributed by atoms with van der Waals surface area (Å²) in [5.41, 5.74) is 0. The zero-order chi connectivity index (χ0) is 16.0. The molecule has 0 aliphatic heterocycles. The number of carbonyl (C=O) groups is 2. The predicted molar refractivity (Wildman–Crippen MR) is 67.2 cm³/mol. The number of amides is 1. The first kappa shape index (κ1) is 17.1. The zero-order valence-electron chi connectivity index (χ0n) is 10.6. The van der Waals surface area contributed by atoms with Crippen LogP contribution in [-0.4, -0.2) is 47.8 Å². The zero-order valence-corrected chi connectivity index (χ0v) is 11.3. The van der Waals surface area contributed by atoms with Crippen molar-refractivity contribution in [2.45, 2.75) is 6.18 Å². The van der Waals surface area contributed by atoms with E-state index in [1.165, 1.54) is 24.3 Å². The summed E-state index contributed by atoms with van der Waals surface area (Å²) in [5, 5.41) is 8.96. The Morgan fingerprint density at radius 2 is 1.81 bits per heavy atom. The Labute approximate surface area is 122 Å². The normalized spacial score (nSPS) is 11.0. The van der Waals surface area contributed by atoms with Crippen molar-refractivity contribution < 1.29 is 32.6 Å². The van der Waals surface area contributed by atoms with Gasteiger partial charge in [0, 0.05) is 5.02 Å². The summed E-state index contributed by atoms with van der Waals surface area (Å²) in [7, 11) is 0. The maximum atomic E-state index is 12.3. The number of halogens is 4. The Bertz CT molecular complexity index is 504. The van der Waals surface area contributed by atoms with Crippen molar-refractivity contribution in [2.24, 2.45) is 0 Å². The van der Waals surface area contributed by atoms with Gasteiger partial charge in [-0.25, -0.2) is 0 Å². The van der Waals surface area contributed by atoms with Crippen molar-refractivity contribution in [3.05, 3.63) is 29.3 Å². The second-order valence-electron chi connectivity index (χ2n) is 4.00. The standard InChI is InChI=1S/C12H11ClF3NO4/c13-8-1-3-9(4-2-8)21-6-10(18)17(5-11(19)20)7-12(14,15)16/h1-4H,5-7H2,(H,19,20). The van der Waals surface area contributed by atoms with Crippen molar-refractivity contribution in [1.29, 1.82) is 0 Å². The number of aliphatic carboxylic acids is 1. The van der Waals surface area contributed by atoms with E-state index in [1.807, 2.05) is 0 Å². The number of hydrogen-bond donors (Lipinski definition) is 1. The van der Waals surface area contributed by atoms with Gasteiger partial charge in [-0.15, -0.1) is 0 Å². The molecule has 1 amide bonds. The van der Waals surface area contributed by atoms with Crippen LogP contribution in [0.3, 0.4) is 0 Å². The first-order valence-electron chi connectivity index (χ1n) is 5.62. The fourth-order valence-corrected chi connectivity index (χ4v) is 1.51. The number of carboxylic acid groups (broad SMARTS) is 1. The van der Waals surface area contributed by atoms with E-state index < -0.39 is 37.7 Å². The molecule has 0 radical (unpaired) electrons. The molecule has 0 aliphatic rings. The lowest BCUT2D eigenvalue weighted by Gasteiger charge is -2.22. The predicted octanol–water partition coefficient (Wildman–Crippen LogP) is 2.19. The Kier molecular flexibility index (Phi) is 5.83. The van der Waals surface area contributed by atoms with Crippen molar-refractivity contribution in [1.82, 2.24) is 4.90 Å². The molecule has 0 unspecified atom stereocenters. The third-order valence-electron chi connectivity index (χ3n) is 2.22. The molecule has 1 aromatic carbocycles. The highest BCUT2D eigenvalue weighted by Gasteiger charge is 2.34. The van der Waals surface area contributed by atoms with E-state index in [0.29, 0.717) is 5.02 Å². The van der Waals surface area contributed by atoms with Crippen molar-refractivity contribution in [3.63, 3.8) is 0 Å². The lowest BCUT2D eigenvalue weighted by Crippen LogP contribution is -2.44. The molecule has 21 heavy (non-hydrogen) atoms. The summed E-state index contributed by atoms with van der Waals surface area (Å²) in [6.07, 6.45) is -4.69. The minimum Gasteiger partial charge on any atom is -0.484 e. The molecule has 0 spiro atoms. The first-order chi connectivity index (χ1) is 9.67. The molecule has 0 bridgehead atoms. The fraction of sp³-hybridized carbons (Fsp3) is 0.333. The third-order valence-corrected chi connectivity index (χ3v) is 2.48. The highest BCUT2D eigenvalue weighted by Crippen LogP contribution is 2.18. The minimum absolute atomic E-state index is 0.165. The van der Waals surface area contributed by atoms with Crippen molar-refractivity contribution >= 4 is 23.5 Å². The molecule has 0 saturated carbocycles. The summed E-state index contributed by atoms with van der Waals surface area (Å²) in [5.74, 6) is -2.39. The van der Waals surface area contributed by atoms with Gasteiger partial charge in [-0.05, 0) is 24.3 Å². The van der Waals surface area contributed by atoms with Crippen LogP contribution in [-0.2, 0) is 9.59 Å².